The van der Waals surface area contributed by atoms with Crippen LogP contribution >= 0.6 is 0 Å². The number of rotatable bonds is 11. The number of anilines is 1. The van der Waals surface area contributed by atoms with Gasteiger partial charge in [0.25, 0.3) is 0 Å². The Bertz CT molecular complexity index is 1560. The van der Waals surface area contributed by atoms with Gasteiger partial charge in [-0.25, -0.2) is 17.6 Å². The van der Waals surface area contributed by atoms with E-state index in [1.165, 1.54) is 6.07 Å². The third-order valence-corrected chi connectivity index (χ3v) is 13.5. The van der Waals surface area contributed by atoms with Crippen molar-refractivity contribution in [1.29, 1.82) is 0 Å². The molecule has 3 aliphatic heterocycles. The molecule has 7 rings (SSSR count). The predicted octanol–water partition coefficient (Wildman–Crippen LogP) is 4.17. The van der Waals surface area contributed by atoms with Gasteiger partial charge in [-0.15, -0.1) is 5.53 Å². The monoisotopic (exact) mass is 666 g/mol. The van der Waals surface area contributed by atoms with Crippen molar-refractivity contribution in [3.63, 3.8) is 0 Å². The van der Waals surface area contributed by atoms with Crippen LogP contribution in [0.1, 0.15) is 50.5 Å². The molecule has 3 N–H and O–H groups in total. The van der Waals surface area contributed by atoms with Gasteiger partial charge in [-0.2, -0.15) is 0 Å². The molecule has 1 unspecified atom stereocenters. The highest BCUT2D eigenvalue weighted by Crippen LogP contribution is 2.52. The number of nitrogens with one attached hydrogen (secondary N) is 3. The lowest BCUT2D eigenvalue weighted by Crippen LogP contribution is -2.58. The number of benzene rings is 2. The van der Waals surface area contributed by atoms with E-state index in [9.17, 15) is 17.6 Å². The zero-order valence-corrected chi connectivity index (χ0v) is 27.9. The fourth-order valence-corrected chi connectivity index (χ4v) is 10.3. The molecular formula is C35H47FN6O4S. The molecule has 3 heterocycles. The Labute approximate surface area is 277 Å². The standard InChI is InChI=1S/C35H47FN6O4S/c1-37-34(43)46-33-7-3-6-32(33)35(24-42-19-16-38-39-42,27-4-2-5-28(36)20-27)26-14-17-40(18-15-26)21-25-22-41(23-25)29-8-10-30(11-9-29)47(44,45)31-12-13-31/h2,4-5,8-11,16,19-20,25-26,31-33,38-39H,3,6-7,12-15,17-18,21-24H2,1H3,(H,37,43)/t32-,33-,35?/m0/s1. The summed E-state index contributed by atoms with van der Waals surface area (Å²) >= 11 is 0. The molecule has 4 fully saturated rings. The predicted molar refractivity (Wildman–Crippen MR) is 178 cm³/mol. The summed E-state index contributed by atoms with van der Waals surface area (Å²) in [6, 6.07) is 14.5. The molecule has 47 heavy (non-hydrogen) atoms. The molecule has 0 radical (unpaired) electrons. The van der Waals surface area contributed by atoms with Gasteiger partial charge in [-0.05, 0) is 106 Å². The topological polar surface area (TPSA) is 106 Å². The molecule has 2 saturated heterocycles. The van der Waals surface area contributed by atoms with Crippen molar-refractivity contribution in [3.05, 3.63) is 72.3 Å². The highest BCUT2D eigenvalue weighted by atomic mass is 32.2. The number of sulfone groups is 1. The van der Waals surface area contributed by atoms with Crippen molar-refractivity contribution >= 4 is 21.6 Å². The molecule has 2 aromatic carbocycles. The lowest BCUT2D eigenvalue weighted by molar-refractivity contribution is -0.00646. The van der Waals surface area contributed by atoms with Crippen molar-refractivity contribution in [2.75, 3.05) is 51.2 Å². The first-order chi connectivity index (χ1) is 22.8. The highest BCUT2D eigenvalue weighted by molar-refractivity contribution is 7.92. The van der Waals surface area contributed by atoms with Gasteiger partial charge in [0.05, 0.1) is 10.1 Å². The van der Waals surface area contributed by atoms with E-state index >= 15 is 0 Å². The third-order valence-electron chi connectivity index (χ3n) is 11.2. The largest absolute Gasteiger partial charge is 0.446 e. The van der Waals surface area contributed by atoms with Crippen LogP contribution in [0.5, 0.6) is 0 Å². The number of alkyl carbamates (subject to hydrolysis) is 1. The maximum Gasteiger partial charge on any atom is 0.407 e. The summed E-state index contributed by atoms with van der Waals surface area (Å²) in [6.45, 7) is 5.49. The molecule has 12 heteroatoms. The van der Waals surface area contributed by atoms with E-state index in [2.05, 4.69) is 32.1 Å². The van der Waals surface area contributed by atoms with Crippen molar-refractivity contribution in [1.82, 2.24) is 26.2 Å². The maximum atomic E-state index is 14.9. The van der Waals surface area contributed by atoms with Crippen LogP contribution in [0, 0.1) is 23.6 Å². The number of halogens is 1. The Hall–Kier alpha value is -3.35. The Kier molecular flexibility index (Phi) is 9.10. The summed E-state index contributed by atoms with van der Waals surface area (Å²) in [5.74, 6) is 0.612. The second-order valence-corrected chi connectivity index (χ2v) is 16.3. The molecule has 0 spiro atoms. The van der Waals surface area contributed by atoms with E-state index in [0.29, 0.717) is 17.4 Å². The van der Waals surface area contributed by atoms with Gasteiger partial charge in [0.15, 0.2) is 9.84 Å². The summed E-state index contributed by atoms with van der Waals surface area (Å²) in [4.78, 5) is 17.8. The third kappa shape index (κ3) is 6.56. The molecule has 5 aliphatic rings. The second-order valence-electron chi connectivity index (χ2n) is 14.1. The minimum absolute atomic E-state index is 0.0415. The summed E-state index contributed by atoms with van der Waals surface area (Å²) < 4.78 is 46.1. The summed E-state index contributed by atoms with van der Waals surface area (Å²) in [6.07, 6.45) is 9.34. The maximum absolute atomic E-state index is 14.9. The van der Waals surface area contributed by atoms with Crippen LogP contribution < -0.4 is 21.2 Å². The van der Waals surface area contributed by atoms with Crippen LogP contribution in [0.15, 0.2) is 65.8 Å². The zero-order valence-electron chi connectivity index (χ0n) is 27.1. The number of nitrogens with zero attached hydrogens (tertiary/aromatic N) is 3. The number of carbonyl (C=O) groups is 1. The molecule has 254 valence electrons. The van der Waals surface area contributed by atoms with E-state index in [1.807, 2.05) is 35.6 Å². The summed E-state index contributed by atoms with van der Waals surface area (Å²) in [5.41, 5.74) is 7.90. The van der Waals surface area contributed by atoms with Crippen LogP contribution in [0.2, 0.25) is 0 Å². The average Bonchev–Trinajstić information content (AvgIpc) is 3.63. The van der Waals surface area contributed by atoms with Gasteiger partial charge in [-0.1, -0.05) is 12.1 Å². The van der Waals surface area contributed by atoms with Gasteiger partial charge in [0, 0.05) is 68.6 Å². The van der Waals surface area contributed by atoms with Gasteiger partial charge < -0.3 is 25.3 Å². The minimum atomic E-state index is -3.17. The quantitative estimate of drug-likeness (QED) is 0.326. The first-order valence-electron chi connectivity index (χ1n) is 17.2. The van der Waals surface area contributed by atoms with Gasteiger partial charge in [0.2, 0.25) is 0 Å². The van der Waals surface area contributed by atoms with Crippen LogP contribution in [0.3, 0.4) is 0 Å². The Morgan fingerprint density at radius 2 is 1.81 bits per heavy atom. The second kappa shape index (κ2) is 13.3. The number of carbonyl (C=O) groups excluding carboxylic acids is 1. The molecule has 0 bridgehead atoms. The molecular weight excluding hydrogens is 619 g/mol. The smallest absolute Gasteiger partial charge is 0.407 e. The Morgan fingerprint density at radius 1 is 1.04 bits per heavy atom. The number of hydrogen-bond donors (Lipinski definition) is 3. The summed E-state index contributed by atoms with van der Waals surface area (Å²) in [5, 5.41) is 4.49. The van der Waals surface area contributed by atoms with Crippen molar-refractivity contribution in [2.24, 2.45) is 17.8 Å². The minimum Gasteiger partial charge on any atom is -0.446 e. The fourth-order valence-electron chi connectivity index (χ4n) is 8.69. The van der Waals surface area contributed by atoms with Crippen LogP contribution in [-0.2, 0) is 20.0 Å². The average molecular weight is 667 g/mol. The number of hydrogen-bond acceptors (Lipinski definition) is 9. The van der Waals surface area contributed by atoms with Gasteiger partial charge in [-0.3, -0.25) is 5.01 Å². The van der Waals surface area contributed by atoms with E-state index < -0.39 is 21.3 Å². The molecule has 2 aromatic rings. The van der Waals surface area contributed by atoms with Crippen LogP contribution in [0.25, 0.3) is 0 Å². The van der Waals surface area contributed by atoms with E-state index in [1.54, 1.807) is 25.2 Å². The van der Waals surface area contributed by atoms with Gasteiger partial charge >= 0.3 is 6.09 Å². The van der Waals surface area contributed by atoms with Crippen molar-refractivity contribution in [3.8, 4) is 0 Å². The zero-order chi connectivity index (χ0) is 32.6. The molecule has 2 saturated carbocycles. The molecule has 1 amide bonds. The lowest BCUT2D eigenvalue weighted by Gasteiger charge is -2.52. The van der Waals surface area contributed by atoms with Crippen LogP contribution in [0.4, 0.5) is 14.9 Å². The van der Waals surface area contributed by atoms with E-state index in [4.69, 9.17) is 4.74 Å². The van der Waals surface area contributed by atoms with Crippen LogP contribution in [-0.4, -0.2) is 82.1 Å². The number of ether oxygens (including phenoxy) is 1. The Morgan fingerprint density at radius 3 is 2.47 bits per heavy atom. The molecule has 3 atom stereocenters. The number of piperidine rings is 1. The first kappa shape index (κ1) is 32.2. The summed E-state index contributed by atoms with van der Waals surface area (Å²) in [7, 11) is -1.58. The fraction of sp³-hybridized carbons (Fsp3) is 0.571. The van der Waals surface area contributed by atoms with E-state index in [-0.39, 0.29) is 29.0 Å². The molecule has 10 nitrogen and oxygen atoms in total. The molecule has 0 aromatic heterocycles. The SMILES string of the molecule is CNC(=O)O[C@H]1CCC[C@@H]1C(CN1C=CNN1)(c1cccc(F)c1)C1CCN(CC2CN(c3ccc(S(=O)(=O)C4CC4)cc3)C2)CC1. The normalized spacial score (nSPS) is 25.3. The van der Waals surface area contributed by atoms with Gasteiger partial charge in [0.1, 0.15) is 11.9 Å². The number of likely N-dealkylation sites (tertiary alicyclic amines) is 1. The number of hydrazine groups is 2. The Balaban J connectivity index is 1.04. The number of amides is 1. The highest BCUT2D eigenvalue weighted by Gasteiger charge is 2.53. The lowest BCUT2D eigenvalue weighted by atomic mass is 9.58. The van der Waals surface area contributed by atoms with E-state index in [0.717, 1.165) is 88.9 Å². The first-order valence-corrected chi connectivity index (χ1v) is 18.7. The van der Waals surface area contributed by atoms with Crippen molar-refractivity contribution < 1.29 is 22.3 Å². The molecule has 2 aliphatic carbocycles. The van der Waals surface area contributed by atoms with Crippen molar-refractivity contribution in [2.45, 2.75) is 66.6 Å².